The summed E-state index contributed by atoms with van der Waals surface area (Å²) in [6.45, 7) is 2.57. The SMILES string of the molecule is Cc1ccccc1CN(C)C(=O)c1[nH]ncc1N. The topological polar surface area (TPSA) is 75.0 Å². The zero-order chi connectivity index (χ0) is 13.1. The zero-order valence-electron chi connectivity index (χ0n) is 10.5. The van der Waals surface area contributed by atoms with Gasteiger partial charge in [-0.3, -0.25) is 9.89 Å². The third-order valence-electron chi connectivity index (χ3n) is 2.90. The third kappa shape index (κ3) is 2.34. The Balaban J connectivity index is 2.14. The predicted molar refractivity (Wildman–Crippen MR) is 70.0 cm³/mol. The molecule has 0 bridgehead atoms. The Morgan fingerprint density at radius 3 is 2.78 bits per heavy atom. The molecule has 1 heterocycles. The molecule has 0 saturated carbocycles. The highest BCUT2D eigenvalue weighted by Crippen LogP contribution is 2.13. The molecule has 0 spiro atoms. The number of benzene rings is 1. The highest BCUT2D eigenvalue weighted by atomic mass is 16.2. The van der Waals surface area contributed by atoms with E-state index in [1.54, 1.807) is 11.9 Å². The van der Waals surface area contributed by atoms with Gasteiger partial charge in [-0.05, 0) is 18.1 Å². The second-order valence-electron chi connectivity index (χ2n) is 4.29. The van der Waals surface area contributed by atoms with Crippen molar-refractivity contribution in [1.82, 2.24) is 15.1 Å². The van der Waals surface area contributed by atoms with E-state index in [4.69, 9.17) is 5.73 Å². The number of rotatable bonds is 3. The van der Waals surface area contributed by atoms with Crippen LogP contribution in [0.5, 0.6) is 0 Å². The van der Waals surface area contributed by atoms with E-state index in [9.17, 15) is 4.79 Å². The molecule has 0 aliphatic carbocycles. The van der Waals surface area contributed by atoms with Crippen molar-refractivity contribution in [2.45, 2.75) is 13.5 Å². The molecule has 0 radical (unpaired) electrons. The van der Waals surface area contributed by atoms with Gasteiger partial charge in [0.15, 0.2) is 0 Å². The minimum Gasteiger partial charge on any atom is -0.396 e. The van der Waals surface area contributed by atoms with E-state index in [1.807, 2.05) is 31.2 Å². The van der Waals surface area contributed by atoms with Crippen molar-refractivity contribution in [3.63, 3.8) is 0 Å². The molecule has 94 valence electrons. The van der Waals surface area contributed by atoms with Gasteiger partial charge < -0.3 is 10.6 Å². The number of hydrogen-bond acceptors (Lipinski definition) is 3. The van der Waals surface area contributed by atoms with Crippen molar-refractivity contribution >= 4 is 11.6 Å². The largest absolute Gasteiger partial charge is 0.396 e. The van der Waals surface area contributed by atoms with Crippen LogP contribution in [0.4, 0.5) is 5.69 Å². The molecule has 5 heteroatoms. The number of H-pyrrole nitrogens is 1. The van der Waals surface area contributed by atoms with Gasteiger partial charge in [-0.25, -0.2) is 0 Å². The summed E-state index contributed by atoms with van der Waals surface area (Å²) in [5, 5.41) is 6.37. The van der Waals surface area contributed by atoms with Gasteiger partial charge in [0.1, 0.15) is 5.69 Å². The van der Waals surface area contributed by atoms with Crippen LogP contribution in [0, 0.1) is 6.92 Å². The molecule has 2 rings (SSSR count). The molecule has 1 aromatic carbocycles. The Hall–Kier alpha value is -2.30. The summed E-state index contributed by atoms with van der Waals surface area (Å²) in [5.41, 5.74) is 8.65. The molecule has 0 saturated heterocycles. The van der Waals surface area contributed by atoms with Crippen LogP contribution in [-0.4, -0.2) is 28.1 Å². The van der Waals surface area contributed by atoms with Crippen molar-refractivity contribution in [2.75, 3.05) is 12.8 Å². The molecule has 0 aliphatic rings. The van der Waals surface area contributed by atoms with Crippen molar-refractivity contribution in [2.24, 2.45) is 0 Å². The number of amides is 1. The number of aromatic amines is 1. The molecule has 0 aliphatic heterocycles. The molecule has 0 unspecified atom stereocenters. The number of aromatic nitrogens is 2. The van der Waals surface area contributed by atoms with Gasteiger partial charge in [-0.2, -0.15) is 5.10 Å². The van der Waals surface area contributed by atoms with Crippen molar-refractivity contribution in [3.05, 3.63) is 47.3 Å². The van der Waals surface area contributed by atoms with Crippen LogP contribution in [0.15, 0.2) is 30.5 Å². The highest BCUT2D eigenvalue weighted by Gasteiger charge is 2.16. The lowest BCUT2D eigenvalue weighted by Crippen LogP contribution is -2.27. The minimum absolute atomic E-state index is 0.159. The van der Waals surface area contributed by atoms with Gasteiger partial charge in [0.05, 0.1) is 11.9 Å². The molecule has 1 aromatic heterocycles. The molecule has 3 N–H and O–H groups in total. The van der Waals surface area contributed by atoms with E-state index < -0.39 is 0 Å². The molecule has 2 aromatic rings. The normalized spacial score (nSPS) is 10.3. The number of carbonyl (C=O) groups is 1. The molecule has 0 atom stereocenters. The second-order valence-corrected chi connectivity index (χ2v) is 4.29. The van der Waals surface area contributed by atoms with Gasteiger partial charge in [-0.15, -0.1) is 0 Å². The first-order valence-corrected chi connectivity index (χ1v) is 5.68. The minimum atomic E-state index is -0.159. The number of nitrogens with one attached hydrogen (secondary N) is 1. The van der Waals surface area contributed by atoms with Crippen LogP contribution < -0.4 is 5.73 Å². The summed E-state index contributed by atoms with van der Waals surface area (Å²) in [7, 11) is 1.75. The Morgan fingerprint density at radius 1 is 1.44 bits per heavy atom. The van der Waals surface area contributed by atoms with Crippen molar-refractivity contribution in [3.8, 4) is 0 Å². The van der Waals surface area contributed by atoms with E-state index in [0.717, 1.165) is 11.1 Å². The highest BCUT2D eigenvalue weighted by molar-refractivity contribution is 5.96. The summed E-state index contributed by atoms with van der Waals surface area (Å²) in [6.07, 6.45) is 1.44. The summed E-state index contributed by atoms with van der Waals surface area (Å²) >= 11 is 0. The van der Waals surface area contributed by atoms with E-state index in [2.05, 4.69) is 10.2 Å². The zero-order valence-corrected chi connectivity index (χ0v) is 10.5. The van der Waals surface area contributed by atoms with Gasteiger partial charge >= 0.3 is 0 Å². The van der Waals surface area contributed by atoms with Gasteiger partial charge in [0.25, 0.3) is 5.91 Å². The summed E-state index contributed by atoms with van der Waals surface area (Å²) in [5.74, 6) is -0.159. The number of nitrogens with zero attached hydrogens (tertiary/aromatic N) is 2. The van der Waals surface area contributed by atoms with Crippen LogP contribution in [0.25, 0.3) is 0 Å². The third-order valence-corrected chi connectivity index (χ3v) is 2.90. The Morgan fingerprint density at radius 2 is 2.17 bits per heavy atom. The van der Waals surface area contributed by atoms with E-state index in [0.29, 0.717) is 17.9 Å². The average molecular weight is 244 g/mol. The Bertz CT molecular complexity index is 562. The van der Waals surface area contributed by atoms with E-state index in [1.165, 1.54) is 6.20 Å². The smallest absolute Gasteiger partial charge is 0.274 e. The van der Waals surface area contributed by atoms with E-state index >= 15 is 0 Å². The van der Waals surface area contributed by atoms with Crippen LogP contribution in [-0.2, 0) is 6.54 Å². The van der Waals surface area contributed by atoms with Crippen LogP contribution in [0.3, 0.4) is 0 Å². The molecule has 18 heavy (non-hydrogen) atoms. The Kier molecular flexibility index (Phi) is 3.32. The van der Waals surface area contributed by atoms with E-state index in [-0.39, 0.29) is 5.91 Å². The van der Waals surface area contributed by atoms with Gasteiger partial charge in [0, 0.05) is 13.6 Å². The van der Waals surface area contributed by atoms with Gasteiger partial charge in [0.2, 0.25) is 0 Å². The maximum Gasteiger partial charge on any atom is 0.274 e. The number of aryl methyl sites for hydroxylation is 1. The van der Waals surface area contributed by atoms with Crippen molar-refractivity contribution in [1.29, 1.82) is 0 Å². The summed E-state index contributed by atoms with van der Waals surface area (Å²) in [6, 6.07) is 7.98. The second kappa shape index (κ2) is 4.91. The average Bonchev–Trinajstić information content (AvgIpc) is 2.77. The first kappa shape index (κ1) is 12.2. The lowest BCUT2D eigenvalue weighted by molar-refractivity contribution is 0.0780. The number of nitrogen functional groups attached to an aromatic ring is 1. The first-order chi connectivity index (χ1) is 8.59. The fourth-order valence-corrected chi connectivity index (χ4v) is 1.77. The molecule has 1 amide bonds. The fraction of sp³-hybridized carbons (Fsp3) is 0.231. The first-order valence-electron chi connectivity index (χ1n) is 5.68. The van der Waals surface area contributed by atoms with Crippen molar-refractivity contribution < 1.29 is 4.79 Å². The number of carbonyl (C=O) groups excluding carboxylic acids is 1. The molecular weight excluding hydrogens is 228 g/mol. The molecular formula is C13H16N4O. The lowest BCUT2D eigenvalue weighted by atomic mass is 10.1. The van der Waals surface area contributed by atoms with Crippen LogP contribution >= 0.6 is 0 Å². The number of nitrogens with two attached hydrogens (primary N) is 1. The fourth-order valence-electron chi connectivity index (χ4n) is 1.77. The van der Waals surface area contributed by atoms with Crippen LogP contribution in [0.2, 0.25) is 0 Å². The Labute approximate surface area is 106 Å². The maximum atomic E-state index is 12.1. The number of anilines is 1. The summed E-state index contributed by atoms with van der Waals surface area (Å²) < 4.78 is 0. The maximum absolute atomic E-state index is 12.1. The predicted octanol–water partition coefficient (Wildman–Crippen LogP) is 1.57. The summed E-state index contributed by atoms with van der Waals surface area (Å²) in [4.78, 5) is 13.7. The lowest BCUT2D eigenvalue weighted by Gasteiger charge is -2.17. The quantitative estimate of drug-likeness (QED) is 0.860. The molecule has 5 nitrogen and oxygen atoms in total. The number of hydrogen-bond donors (Lipinski definition) is 2. The molecule has 0 fully saturated rings. The monoisotopic (exact) mass is 244 g/mol. The van der Waals surface area contributed by atoms with Crippen LogP contribution in [0.1, 0.15) is 21.6 Å². The standard InChI is InChI=1S/C13H16N4O/c1-9-5-3-4-6-10(9)8-17(2)13(18)12-11(14)7-15-16-12/h3-7H,8,14H2,1-2H3,(H,15,16). The van der Waals surface area contributed by atoms with Gasteiger partial charge in [-0.1, -0.05) is 24.3 Å².